The highest BCUT2D eigenvalue weighted by molar-refractivity contribution is 5.93. The van der Waals surface area contributed by atoms with Gasteiger partial charge in [-0.15, -0.1) is 0 Å². The van der Waals surface area contributed by atoms with Crippen LogP contribution in [0, 0.1) is 0 Å². The first-order valence-corrected chi connectivity index (χ1v) is 16.0. The van der Waals surface area contributed by atoms with E-state index >= 15 is 0 Å². The molecule has 21 nitrogen and oxygen atoms in total. The molecule has 0 spiro atoms. The fourth-order valence-electron chi connectivity index (χ4n) is 3.48. The van der Waals surface area contributed by atoms with E-state index in [1.807, 2.05) is 20.8 Å². The molecule has 0 radical (unpaired) electrons. The van der Waals surface area contributed by atoms with Gasteiger partial charge in [0.25, 0.3) is 0 Å². The molecule has 0 aliphatic carbocycles. The highest BCUT2D eigenvalue weighted by Gasteiger charge is 2.22. The summed E-state index contributed by atoms with van der Waals surface area (Å²) in [5, 5.41) is 9.78. The molecule has 0 unspecified atom stereocenters. The van der Waals surface area contributed by atoms with E-state index in [2.05, 4.69) is 21.3 Å². The number of nitrogens with two attached hydrogens (primary N) is 1. The third-order valence-corrected chi connectivity index (χ3v) is 6.67. The third-order valence-electron chi connectivity index (χ3n) is 6.67. The summed E-state index contributed by atoms with van der Waals surface area (Å²) >= 11 is 0. The minimum atomic E-state index is -0.751. The molecular formula is C30H55N11O10. The molecule has 21 heteroatoms. The summed E-state index contributed by atoms with van der Waals surface area (Å²) in [6.07, 6.45) is 0. The lowest BCUT2D eigenvalue weighted by Crippen LogP contribution is -2.49. The molecule has 0 aromatic heterocycles. The summed E-state index contributed by atoms with van der Waals surface area (Å²) < 4.78 is 0. The van der Waals surface area contributed by atoms with Crippen LogP contribution in [0.25, 0.3) is 0 Å². The zero-order valence-corrected chi connectivity index (χ0v) is 31.1. The van der Waals surface area contributed by atoms with Gasteiger partial charge in [0.15, 0.2) is 0 Å². The number of carbonyl (C=O) groups is 10. The first-order valence-electron chi connectivity index (χ1n) is 16.0. The molecule has 0 fully saturated rings. The minimum absolute atomic E-state index is 0.0718. The lowest BCUT2D eigenvalue weighted by atomic mass is 10.4. The van der Waals surface area contributed by atoms with Crippen molar-refractivity contribution < 1.29 is 47.9 Å². The molecule has 0 heterocycles. The van der Waals surface area contributed by atoms with Crippen molar-refractivity contribution >= 4 is 59.1 Å². The number of nitrogens with zero attached hydrogens (tertiary/aromatic N) is 6. The van der Waals surface area contributed by atoms with Crippen molar-refractivity contribution in [2.75, 3.05) is 114 Å². The Kier molecular flexibility index (Phi) is 24.0. The average molecular weight is 730 g/mol. The number of carbonyl (C=O) groups excluding carboxylic acids is 10. The van der Waals surface area contributed by atoms with Gasteiger partial charge in [-0.05, 0) is 6.54 Å². The van der Waals surface area contributed by atoms with Gasteiger partial charge in [-0.25, -0.2) is 0 Å². The van der Waals surface area contributed by atoms with E-state index in [1.165, 1.54) is 47.2 Å². The number of likely N-dealkylation sites (N-methyl/N-ethyl adjacent to an activating group) is 7. The SMILES string of the molecule is CC.CCNCC(=O)N(C)CC(=O)N(C)CC(=O)NCC(=O)N(C)CC(=O)N(C)CC(=O)NCC(=O)N(C)CC(=O)N(C)CC(=O)NCC(N)=O. The van der Waals surface area contributed by atoms with Gasteiger partial charge in [-0.3, -0.25) is 47.9 Å². The monoisotopic (exact) mass is 729 g/mol. The fourth-order valence-corrected chi connectivity index (χ4v) is 3.48. The molecule has 0 atom stereocenters. The molecule has 0 rings (SSSR count). The summed E-state index contributed by atoms with van der Waals surface area (Å²) in [7, 11) is 8.10. The molecular weight excluding hydrogens is 674 g/mol. The van der Waals surface area contributed by atoms with E-state index in [0.717, 1.165) is 24.5 Å². The molecule has 0 aromatic carbocycles. The Hall–Kier alpha value is -5.34. The average Bonchev–Trinajstić information content (AvgIpc) is 3.07. The van der Waals surface area contributed by atoms with Gasteiger partial charge in [0, 0.05) is 42.3 Å². The Bertz CT molecular complexity index is 1250. The zero-order valence-electron chi connectivity index (χ0n) is 31.1. The number of hydrogen-bond acceptors (Lipinski definition) is 11. The Balaban J connectivity index is 0. The highest BCUT2D eigenvalue weighted by Crippen LogP contribution is 1.95. The predicted molar refractivity (Wildman–Crippen MR) is 184 cm³/mol. The van der Waals surface area contributed by atoms with E-state index in [-0.39, 0.29) is 38.6 Å². The lowest BCUT2D eigenvalue weighted by molar-refractivity contribution is -0.141. The molecule has 0 aliphatic heterocycles. The summed E-state index contributed by atoms with van der Waals surface area (Å²) in [4.78, 5) is 127. The third kappa shape index (κ3) is 21.4. The minimum Gasteiger partial charge on any atom is -0.368 e. The summed E-state index contributed by atoms with van der Waals surface area (Å²) in [6, 6.07) is 0. The Morgan fingerprint density at radius 3 is 0.941 bits per heavy atom. The number of primary amides is 1. The van der Waals surface area contributed by atoms with Crippen molar-refractivity contribution in [1.82, 2.24) is 50.7 Å². The zero-order chi connectivity index (χ0) is 39.8. The Labute approximate surface area is 298 Å². The van der Waals surface area contributed by atoms with Gasteiger partial charge in [-0.2, -0.15) is 0 Å². The molecule has 0 bridgehead atoms. The van der Waals surface area contributed by atoms with Crippen LogP contribution in [-0.2, 0) is 47.9 Å². The van der Waals surface area contributed by atoms with Crippen molar-refractivity contribution in [3.05, 3.63) is 0 Å². The quantitative estimate of drug-likeness (QED) is 0.0743. The standard InChI is InChI=1S/C28H49N11O10.C2H6/c1-8-30-10-23(44)37(5)16-26(47)35(3)14-21(42)32-12-25(46)39(7)18-28(49)36(4)15-22(43)33-11-24(45)38(6)17-27(48)34(2)13-20(41)31-9-19(29)40;1-2/h30H,8-18H2,1-7H3,(H2,29,40)(H,31,41)(H,32,42)(H,33,43);1-2H3. The van der Waals surface area contributed by atoms with E-state index in [1.54, 1.807) is 0 Å². The van der Waals surface area contributed by atoms with E-state index in [9.17, 15) is 47.9 Å². The van der Waals surface area contributed by atoms with Crippen molar-refractivity contribution in [3.8, 4) is 0 Å². The Morgan fingerprint density at radius 1 is 0.412 bits per heavy atom. The highest BCUT2D eigenvalue weighted by atomic mass is 16.2. The van der Waals surface area contributed by atoms with Crippen LogP contribution in [0.5, 0.6) is 0 Å². The maximum atomic E-state index is 12.5. The summed E-state index contributed by atoms with van der Waals surface area (Å²) in [5.74, 6) is -5.94. The Morgan fingerprint density at radius 2 is 0.667 bits per heavy atom. The van der Waals surface area contributed by atoms with Crippen LogP contribution in [0.3, 0.4) is 0 Å². The maximum Gasteiger partial charge on any atom is 0.242 e. The number of hydrogen-bond donors (Lipinski definition) is 5. The second kappa shape index (κ2) is 25.6. The molecule has 10 amide bonds. The van der Waals surface area contributed by atoms with Gasteiger partial charge in [0.1, 0.15) is 0 Å². The van der Waals surface area contributed by atoms with E-state index < -0.39 is 85.9 Å². The van der Waals surface area contributed by atoms with Gasteiger partial charge in [-0.1, -0.05) is 20.8 Å². The summed E-state index contributed by atoms with van der Waals surface area (Å²) in [6.45, 7) is 2.89. The number of amides is 10. The van der Waals surface area contributed by atoms with E-state index in [4.69, 9.17) is 5.73 Å². The second-order valence-electron chi connectivity index (χ2n) is 11.1. The second-order valence-corrected chi connectivity index (χ2v) is 11.1. The largest absolute Gasteiger partial charge is 0.368 e. The van der Waals surface area contributed by atoms with E-state index in [0.29, 0.717) is 6.54 Å². The number of rotatable bonds is 21. The molecule has 51 heavy (non-hydrogen) atoms. The predicted octanol–water partition coefficient (Wildman–Crippen LogP) is -5.79. The molecule has 290 valence electrons. The van der Waals surface area contributed by atoms with Crippen molar-refractivity contribution in [1.29, 1.82) is 0 Å². The topological polar surface area (TPSA) is 264 Å². The molecule has 0 saturated heterocycles. The van der Waals surface area contributed by atoms with Gasteiger partial charge >= 0.3 is 0 Å². The van der Waals surface area contributed by atoms with Crippen molar-refractivity contribution in [3.63, 3.8) is 0 Å². The van der Waals surface area contributed by atoms with Crippen LogP contribution in [0.1, 0.15) is 20.8 Å². The number of nitrogens with one attached hydrogen (secondary N) is 4. The van der Waals surface area contributed by atoms with Crippen LogP contribution >= 0.6 is 0 Å². The normalized spacial score (nSPS) is 9.90. The van der Waals surface area contributed by atoms with Gasteiger partial charge in [0.2, 0.25) is 59.1 Å². The van der Waals surface area contributed by atoms with Crippen LogP contribution < -0.4 is 27.0 Å². The van der Waals surface area contributed by atoms with Gasteiger partial charge in [0.05, 0.1) is 65.4 Å². The summed E-state index contributed by atoms with van der Waals surface area (Å²) in [5.41, 5.74) is 4.94. The van der Waals surface area contributed by atoms with Gasteiger partial charge < -0.3 is 56.4 Å². The van der Waals surface area contributed by atoms with Crippen LogP contribution in [-0.4, -0.2) is 203 Å². The van der Waals surface area contributed by atoms with Crippen LogP contribution in [0.2, 0.25) is 0 Å². The van der Waals surface area contributed by atoms with Crippen LogP contribution in [0.15, 0.2) is 0 Å². The maximum absolute atomic E-state index is 12.5. The van der Waals surface area contributed by atoms with Crippen molar-refractivity contribution in [2.24, 2.45) is 5.73 Å². The molecule has 0 aromatic rings. The first kappa shape index (κ1) is 47.8. The van der Waals surface area contributed by atoms with Crippen molar-refractivity contribution in [2.45, 2.75) is 20.8 Å². The lowest BCUT2D eigenvalue weighted by Gasteiger charge is -2.23. The fraction of sp³-hybridized carbons (Fsp3) is 0.667. The molecule has 6 N–H and O–H groups in total. The smallest absolute Gasteiger partial charge is 0.242 e. The first-order chi connectivity index (χ1) is 23.8. The molecule has 0 saturated carbocycles. The van der Waals surface area contributed by atoms with Crippen LogP contribution in [0.4, 0.5) is 0 Å². The molecule has 0 aliphatic rings.